The summed E-state index contributed by atoms with van der Waals surface area (Å²) in [4.78, 5) is 7.30. The fourth-order valence-electron chi connectivity index (χ4n) is 3.30. The van der Waals surface area contributed by atoms with Crippen LogP contribution in [-0.2, 0) is 13.6 Å². The van der Waals surface area contributed by atoms with E-state index in [0.717, 1.165) is 31.3 Å². The summed E-state index contributed by atoms with van der Waals surface area (Å²) >= 11 is 0. The lowest BCUT2D eigenvalue weighted by Gasteiger charge is -2.24. The molecule has 2 N–H and O–H groups in total. The molecule has 0 aliphatic carbocycles. The van der Waals surface area contributed by atoms with Gasteiger partial charge < -0.3 is 10.6 Å². The summed E-state index contributed by atoms with van der Waals surface area (Å²) in [6.07, 6.45) is 2.59. The van der Waals surface area contributed by atoms with Crippen molar-refractivity contribution in [1.29, 1.82) is 0 Å². The Morgan fingerprint density at radius 3 is 2.70 bits per heavy atom. The van der Waals surface area contributed by atoms with Gasteiger partial charge >= 0.3 is 0 Å². The zero-order chi connectivity index (χ0) is 16.8. The van der Waals surface area contributed by atoms with Gasteiger partial charge in [-0.05, 0) is 46.7 Å². The Balaban J connectivity index is 1.97. The summed E-state index contributed by atoms with van der Waals surface area (Å²) in [6.45, 7) is 13.4. The average molecular weight is 320 g/mol. The second-order valence-electron chi connectivity index (χ2n) is 6.27. The van der Waals surface area contributed by atoms with E-state index in [1.807, 2.05) is 11.7 Å². The predicted octanol–water partition coefficient (Wildman–Crippen LogP) is 1.58. The maximum absolute atomic E-state index is 4.75. The number of hydrogen-bond acceptors (Lipinski definition) is 3. The summed E-state index contributed by atoms with van der Waals surface area (Å²) in [6, 6.07) is 0.630. The third-order valence-corrected chi connectivity index (χ3v) is 4.81. The molecule has 2 heterocycles. The van der Waals surface area contributed by atoms with Gasteiger partial charge in [-0.25, -0.2) is 4.99 Å². The molecule has 2 rings (SSSR count). The van der Waals surface area contributed by atoms with Crippen LogP contribution in [0, 0.1) is 13.8 Å². The van der Waals surface area contributed by atoms with Crippen molar-refractivity contribution in [3.63, 3.8) is 0 Å². The van der Waals surface area contributed by atoms with Crippen LogP contribution in [-0.4, -0.2) is 52.9 Å². The van der Waals surface area contributed by atoms with Gasteiger partial charge in [-0.2, -0.15) is 5.10 Å². The molecule has 0 amide bonds. The van der Waals surface area contributed by atoms with Crippen LogP contribution in [0.3, 0.4) is 0 Å². The monoisotopic (exact) mass is 320 g/mol. The number of aryl methyl sites for hydroxylation is 2. The van der Waals surface area contributed by atoms with Gasteiger partial charge in [-0.3, -0.25) is 9.58 Å². The minimum absolute atomic E-state index is 0.630. The minimum Gasteiger partial charge on any atom is -0.357 e. The molecule has 0 saturated carbocycles. The Labute approximate surface area is 140 Å². The van der Waals surface area contributed by atoms with Crippen LogP contribution in [0.25, 0.3) is 0 Å². The molecule has 6 heteroatoms. The van der Waals surface area contributed by atoms with E-state index in [1.54, 1.807) is 0 Å². The van der Waals surface area contributed by atoms with E-state index in [-0.39, 0.29) is 0 Å². The van der Waals surface area contributed by atoms with Gasteiger partial charge in [0.05, 0.1) is 12.2 Å². The number of aromatic nitrogens is 2. The van der Waals surface area contributed by atoms with Gasteiger partial charge in [0, 0.05) is 37.4 Å². The molecule has 1 fully saturated rings. The number of rotatable bonds is 6. The Bertz CT molecular complexity index is 533. The first kappa shape index (κ1) is 17.8. The highest BCUT2D eigenvalue weighted by atomic mass is 15.3. The zero-order valence-corrected chi connectivity index (χ0v) is 15.3. The van der Waals surface area contributed by atoms with Crippen molar-refractivity contribution in [1.82, 2.24) is 25.3 Å². The highest BCUT2D eigenvalue weighted by molar-refractivity contribution is 5.79. The Morgan fingerprint density at radius 1 is 1.30 bits per heavy atom. The summed E-state index contributed by atoms with van der Waals surface area (Å²) in [5.74, 6) is 0.901. The van der Waals surface area contributed by atoms with Crippen molar-refractivity contribution < 1.29 is 0 Å². The second-order valence-corrected chi connectivity index (χ2v) is 6.27. The molecule has 0 aromatic carbocycles. The molecule has 6 nitrogen and oxygen atoms in total. The molecule has 23 heavy (non-hydrogen) atoms. The van der Waals surface area contributed by atoms with E-state index >= 15 is 0 Å². The van der Waals surface area contributed by atoms with Crippen molar-refractivity contribution in [2.75, 3.05) is 26.2 Å². The topological polar surface area (TPSA) is 57.5 Å². The maximum atomic E-state index is 4.75. The van der Waals surface area contributed by atoms with Crippen molar-refractivity contribution >= 4 is 5.96 Å². The molecule has 1 aromatic heterocycles. The quantitative estimate of drug-likeness (QED) is 0.617. The van der Waals surface area contributed by atoms with Crippen molar-refractivity contribution in [2.45, 2.75) is 53.1 Å². The number of likely N-dealkylation sites (tertiary alicyclic amines) is 1. The molecule has 1 unspecified atom stereocenters. The SMILES string of the molecule is CCNC(=NCc1c(C)nn(C)c1C)NCC1CCCN1CC. The highest BCUT2D eigenvalue weighted by Gasteiger charge is 2.22. The molecule has 0 bridgehead atoms. The first-order valence-electron chi connectivity index (χ1n) is 8.82. The number of nitrogens with zero attached hydrogens (tertiary/aromatic N) is 4. The second kappa shape index (κ2) is 8.34. The molecule has 1 atom stereocenters. The van der Waals surface area contributed by atoms with Gasteiger partial charge in [-0.1, -0.05) is 6.92 Å². The molecule has 1 saturated heterocycles. The van der Waals surface area contributed by atoms with Crippen molar-refractivity contribution in [3.8, 4) is 0 Å². The first-order valence-corrected chi connectivity index (χ1v) is 8.82. The predicted molar refractivity (Wildman–Crippen MR) is 95.8 cm³/mol. The standard InChI is InChI=1S/C17H32N6/c1-6-18-17(19-11-15-9-8-10-23(15)7-2)20-12-16-13(3)21-22(5)14(16)4/h15H,6-12H2,1-5H3,(H2,18,19,20). The number of aliphatic imine (C=N–C) groups is 1. The highest BCUT2D eigenvalue weighted by Crippen LogP contribution is 2.16. The van der Waals surface area contributed by atoms with E-state index in [0.29, 0.717) is 12.6 Å². The number of likely N-dealkylation sites (N-methyl/N-ethyl adjacent to an activating group) is 1. The number of nitrogens with one attached hydrogen (secondary N) is 2. The Hall–Kier alpha value is -1.56. The lowest BCUT2D eigenvalue weighted by atomic mass is 10.2. The van der Waals surface area contributed by atoms with E-state index in [4.69, 9.17) is 4.99 Å². The van der Waals surface area contributed by atoms with E-state index in [2.05, 4.69) is 48.3 Å². The van der Waals surface area contributed by atoms with Gasteiger partial charge in [-0.15, -0.1) is 0 Å². The third kappa shape index (κ3) is 4.47. The van der Waals surface area contributed by atoms with Crippen LogP contribution in [0.5, 0.6) is 0 Å². The lowest BCUT2D eigenvalue weighted by Crippen LogP contribution is -2.44. The summed E-state index contributed by atoms with van der Waals surface area (Å²) in [5.41, 5.74) is 3.48. The molecule has 0 radical (unpaired) electrons. The lowest BCUT2D eigenvalue weighted by molar-refractivity contribution is 0.267. The summed E-state index contributed by atoms with van der Waals surface area (Å²) in [7, 11) is 1.98. The third-order valence-electron chi connectivity index (χ3n) is 4.81. The van der Waals surface area contributed by atoms with Crippen LogP contribution in [0.4, 0.5) is 0 Å². The van der Waals surface area contributed by atoms with E-state index in [1.165, 1.54) is 30.6 Å². The largest absolute Gasteiger partial charge is 0.357 e. The van der Waals surface area contributed by atoms with Crippen LogP contribution >= 0.6 is 0 Å². The molecule has 0 spiro atoms. The number of guanidine groups is 1. The minimum atomic E-state index is 0.630. The molecule has 1 aliphatic rings. The van der Waals surface area contributed by atoms with Gasteiger partial charge in [0.15, 0.2) is 5.96 Å². The zero-order valence-electron chi connectivity index (χ0n) is 15.3. The van der Waals surface area contributed by atoms with Crippen LogP contribution in [0.15, 0.2) is 4.99 Å². The molecule has 1 aromatic rings. The molecule has 1 aliphatic heterocycles. The Morgan fingerprint density at radius 2 is 2.09 bits per heavy atom. The Kier molecular flexibility index (Phi) is 6.45. The number of hydrogen-bond donors (Lipinski definition) is 2. The van der Waals surface area contributed by atoms with Crippen LogP contribution < -0.4 is 10.6 Å². The average Bonchev–Trinajstić information content (AvgIpc) is 3.08. The van der Waals surface area contributed by atoms with Crippen LogP contribution in [0.2, 0.25) is 0 Å². The van der Waals surface area contributed by atoms with E-state index in [9.17, 15) is 0 Å². The summed E-state index contributed by atoms with van der Waals surface area (Å²) in [5, 5.41) is 11.3. The van der Waals surface area contributed by atoms with Crippen molar-refractivity contribution in [3.05, 3.63) is 17.0 Å². The molecule has 130 valence electrons. The first-order chi connectivity index (χ1) is 11.1. The molecular formula is C17H32N6. The van der Waals surface area contributed by atoms with Crippen molar-refractivity contribution in [2.24, 2.45) is 12.0 Å². The smallest absolute Gasteiger partial charge is 0.191 e. The molecular weight excluding hydrogens is 288 g/mol. The van der Waals surface area contributed by atoms with Gasteiger partial charge in [0.2, 0.25) is 0 Å². The van der Waals surface area contributed by atoms with E-state index < -0.39 is 0 Å². The van der Waals surface area contributed by atoms with Gasteiger partial charge in [0.25, 0.3) is 0 Å². The maximum Gasteiger partial charge on any atom is 0.191 e. The fourth-order valence-corrected chi connectivity index (χ4v) is 3.30. The normalized spacial score (nSPS) is 19.3. The van der Waals surface area contributed by atoms with Gasteiger partial charge in [0.1, 0.15) is 0 Å². The summed E-state index contributed by atoms with van der Waals surface area (Å²) < 4.78 is 1.93. The van der Waals surface area contributed by atoms with Crippen LogP contribution in [0.1, 0.15) is 43.6 Å². The fraction of sp³-hybridized carbons (Fsp3) is 0.765.